The van der Waals surface area contributed by atoms with Gasteiger partial charge in [-0.05, 0) is 73.9 Å². The molecule has 0 saturated heterocycles. The summed E-state index contributed by atoms with van der Waals surface area (Å²) in [4.78, 5) is 41.8. The monoisotopic (exact) mass is 512 g/mol. The van der Waals surface area contributed by atoms with Crippen LogP contribution in [0, 0.1) is 5.92 Å². The van der Waals surface area contributed by atoms with Crippen molar-refractivity contribution in [1.29, 1.82) is 0 Å². The molecule has 0 fully saturated rings. The summed E-state index contributed by atoms with van der Waals surface area (Å²) in [5, 5.41) is 8.95. The third-order valence-electron chi connectivity index (χ3n) is 7.24. The summed E-state index contributed by atoms with van der Waals surface area (Å²) in [6.45, 7) is 5.89. The number of likely N-dealkylation sites (N-methyl/N-ethyl adjacent to an activating group) is 1. The first kappa shape index (κ1) is 27.7. The number of aryl methyl sites for hydroxylation is 1. The maximum Gasteiger partial charge on any atom is 0.251 e. The SMILES string of the molecule is CNC(C)C(=O)NC(C(=O)N1Cc2ccccc2[C@H]1C(=O)Nc1cccc2c1CCCC2)C(C)C.Cl. The van der Waals surface area contributed by atoms with Crippen LogP contribution in [0.2, 0.25) is 0 Å². The first-order valence-corrected chi connectivity index (χ1v) is 12.6. The topological polar surface area (TPSA) is 90.5 Å². The van der Waals surface area contributed by atoms with Crippen molar-refractivity contribution in [3.8, 4) is 0 Å². The van der Waals surface area contributed by atoms with Gasteiger partial charge in [0.05, 0.1) is 6.04 Å². The fraction of sp³-hybridized carbons (Fsp3) is 0.464. The van der Waals surface area contributed by atoms with Crippen LogP contribution in [0.15, 0.2) is 42.5 Å². The molecule has 3 N–H and O–H groups in total. The number of rotatable bonds is 7. The smallest absolute Gasteiger partial charge is 0.251 e. The minimum Gasteiger partial charge on any atom is -0.343 e. The minimum absolute atomic E-state index is 0. The molecular weight excluding hydrogens is 476 g/mol. The van der Waals surface area contributed by atoms with Crippen molar-refractivity contribution in [3.05, 3.63) is 64.7 Å². The van der Waals surface area contributed by atoms with Gasteiger partial charge in [-0.25, -0.2) is 0 Å². The Morgan fingerprint density at radius 3 is 2.36 bits per heavy atom. The second-order valence-electron chi connectivity index (χ2n) is 9.95. The lowest BCUT2D eigenvalue weighted by atomic mass is 9.90. The molecule has 8 heteroatoms. The predicted molar refractivity (Wildman–Crippen MR) is 144 cm³/mol. The lowest BCUT2D eigenvalue weighted by molar-refractivity contribution is -0.143. The number of amides is 3. The molecular formula is C28H37ClN4O3. The Balaban J connectivity index is 0.00000361. The highest BCUT2D eigenvalue weighted by Crippen LogP contribution is 2.36. The molecule has 0 aromatic heterocycles. The molecule has 1 heterocycles. The number of nitrogens with one attached hydrogen (secondary N) is 3. The highest BCUT2D eigenvalue weighted by atomic mass is 35.5. The number of anilines is 1. The van der Waals surface area contributed by atoms with Crippen LogP contribution in [0.4, 0.5) is 5.69 Å². The van der Waals surface area contributed by atoms with Crippen molar-refractivity contribution in [2.24, 2.45) is 5.92 Å². The predicted octanol–water partition coefficient (Wildman–Crippen LogP) is 3.76. The first-order valence-electron chi connectivity index (χ1n) is 12.6. The van der Waals surface area contributed by atoms with Gasteiger partial charge in [0.15, 0.2) is 0 Å². The van der Waals surface area contributed by atoms with Crippen LogP contribution in [0.25, 0.3) is 0 Å². The average Bonchev–Trinajstić information content (AvgIpc) is 3.26. The second-order valence-corrected chi connectivity index (χ2v) is 9.95. The molecule has 36 heavy (non-hydrogen) atoms. The molecule has 0 spiro atoms. The third-order valence-corrected chi connectivity index (χ3v) is 7.24. The normalized spacial score (nSPS) is 17.9. The Labute approximate surface area is 219 Å². The summed E-state index contributed by atoms with van der Waals surface area (Å²) in [6, 6.07) is 11.9. The van der Waals surface area contributed by atoms with Gasteiger partial charge < -0.3 is 20.9 Å². The summed E-state index contributed by atoms with van der Waals surface area (Å²) in [6.07, 6.45) is 4.24. The fourth-order valence-corrected chi connectivity index (χ4v) is 5.08. The molecule has 1 aliphatic carbocycles. The summed E-state index contributed by atoms with van der Waals surface area (Å²) in [7, 11) is 1.70. The Kier molecular flexibility index (Phi) is 9.14. The number of nitrogens with zero attached hydrogens (tertiary/aromatic N) is 1. The van der Waals surface area contributed by atoms with Gasteiger partial charge in [0, 0.05) is 12.2 Å². The van der Waals surface area contributed by atoms with E-state index in [-0.39, 0.29) is 36.0 Å². The van der Waals surface area contributed by atoms with Gasteiger partial charge in [-0.3, -0.25) is 14.4 Å². The van der Waals surface area contributed by atoms with Crippen LogP contribution in [-0.2, 0) is 33.8 Å². The molecule has 194 valence electrons. The van der Waals surface area contributed by atoms with Gasteiger partial charge in [0.25, 0.3) is 5.91 Å². The van der Waals surface area contributed by atoms with Gasteiger partial charge in [0.1, 0.15) is 12.1 Å². The van der Waals surface area contributed by atoms with E-state index in [9.17, 15) is 14.4 Å². The number of fused-ring (bicyclic) bond motifs is 2. The highest BCUT2D eigenvalue weighted by Gasteiger charge is 2.42. The van der Waals surface area contributed by atoms with Gasteiger partial charge in [-0.2, -0.15) is 0 Å². The van der Waals surface area contributed by atoms with Crippen molar-refractivity contribution >= 4 is 35.8 Å². The maximum atomic E-state index is 13.8. The third kappa shape index (κ3) is 5.57. The lowest BCUT2D eigenvalue weighted by Crippen LogP contribution is -2.55. The van der Waals surface area contributed by atoms with Crippen LogP contribution in [0.3, 0.4) is 0 Å². The van der Waals surface area contributed by atoms with E-state index in [4.69, 9.17) is 0 Å². The molecule has 2 unspecified atom stereocenters. The Morgan fingerprint density at radius 2 is 1.64 bits per heavy atom. The number of carbonyl (C=O) groups is 3. The van der Waals surface area contributed by atoms with Gasteiger partial charge in [-0.1, -0.05) is 50.2 Å². The van der Waals surface area contributed by atoms with E-state index in [2.05, 4.69) is 22.0 Å². The van der Waals surface area contributed by atoms with E-state index >= 15 is 0 Å². The molecule has 0 saturated carbocycles. The van der Waals surface area contributed by atoms with Crippen molar-refractivity contribution < 1.29 is 14.4 Å². The molecule has 3 amide bonds. The molecule has 3 atom stereocenters. The molecule has 1 aliphatic heterocycles. The van der Waals surface area contributed by atoms with E-state index in [1.807, 2.05) is 50.2 Å². The lowest BCUT2D eigenvalue weighted by Gasteiger charge is -2.31. The number of hydrogen-bond donors (Lipinski definition) is 3. The standard InChI is InChI=1S/C28H36N4O3.ClH/c1-17(2)24(31-26(33)18(3)29-4)28(35)32-16-20-11-6-8-14-22(20)25(32)27(34)30-23-15-9-12-19-10-5-7-13-21(19)23;/h6,8-9,11-12,14-15,17-18,24-25,29H,5,7,10,13,16H2,1-4H3,(H,30,34)(H,31,33);1H/t18?,24?,25-;/m0./s1. The zero-order valence-corrected chi connectivity index (χ0v) is 22.3. The Bertz CT molecular complexity index is 1120. The van der Waals surface area contributed by atoms with Gasteiger partial charge >= 0.3 is 0 Å². The molecule has 0 radical (unpaired) electrons. The first-order chi connectivity index (χ1) is 16.8. The van der Waals surface area contributed by atoms with Crippen LogP contribution >= 0.6 is 12.4 Å². The number of carbonyl (C=O) groups excluding carboxylic acids is 3. The molecule has 2 aromatic carbocycles. The maximum absolute atomic E-state index is 13.8. The van der Waals surface area contributed by atoms with Crippen LogP contribution < -0.4 is 16.0 Å². The van der Waals surface area contributed by atoms with Crippen molar-refractivity contribution in [3.63, 3.8) is 0 Å². The molecule has 2 aliphatic rings. The minimum atomic E-state index is -0.752. The largest absolute Gasteiger partial charge is 0.343 e. The number of hydrogen-bond acceptors (Lipinski definition) is 4. The van der Waals surface area contributed by atoms with E-state index in [1.54, 1.807) is 18.9 Å². The highest BCUT2D eigenvalue weighted by molar-refractivity contribution is 6.00. The van der Waals surface area contributed by atoms with E-state index in [0.29, 0.717) is 6.54 Å². The van der Waals surface area contributed by atoms with Crippen molar-refractivity contribution in [2.75, 3.05) is 12.4 Å². The van der Waals surface area contributed by atoms with Crippen molar-refractivity contribution in [2.45, 2.75) is 71.1 Å². The van der Waals surface area contributed by atoms with Crippen LogP contribution in [0.1, 0.15) is 61.9 Å². The number of halogens is 1. The van der Waals surface area contributed by atoms with Gasteiger partial charge in [0.2, 0.25) is 11.8 Å². The molecule has 2 aromatic rings. The number of benzene rings is 2. The van der Waals surface area contributed by atoms with Gasteiger partial charge in [-0.15, -0.1) is 12.4 Å². The van der Waals surface area contributed by atoms with Crippen LogP contribution in [-0.4, -0.2) is 41.8 Å². The average molecular weight is 513 g/mol. The Hall–Kier alpha value is -2.90. The van der Waals surface area contributed by atoms with E-state index in [1.165, 1.54) is 11.1 Å². The quantitative estimate of drug-likeness (QED) is 0.527. The zero-order valence-electron chi connectivity index (χ0n) is 21.5. The fourth-order valence-electron chi connectivity index (χ4n) is 5.08. The second kappa shape index (κ2) is 11.9. The summed E-state index contributed by atoms with van der Waals surface area (Å²) in [5.41, 5.74) is 5.11. The summed E-state index contributed by atoms with van der Waals surface area (Å²) < 4.78 is 0. The molecule has 7 nitrogen and oxygen atoms in total. The van der Waals surface area contributed by atoms with E-state index in [0.717, 1.165) is 42.5 Å². The summed E-state index contributed by atoms with van der Waals surface area (Å²) in [5.74, 6) is -0.847. The summed E-state index contributed by atoms with van der Waals surface area (Å²) >= 11 is 0. The van der Waals surface area contributed by atoms with Crippen molar-refractivity contribution in [1.82, 2.24) is 15.5 Å². The molecule has 4 rings (SSSR count). The zero-order chi connectivity index (χ0) is 25.1. The van der Waals surface area contributed by atoms with Crippen LogP contribution in [0.5, 0.6) is 0 Å². The van der Waals surface area contributed by atoms with E-state index < -0.39 is 18.1 Å². The molecule has 0 bridgehead atoms. The Morgan fingerprint density at radius 1 is 0.944 bits per heavy atom.